The van der Waals surface area contributed by atoms with Crippen LogP contribution in [0, 0.1) is 0 Å². The number of hydrogen-bond acceptors (Lipinski definition) is 3. The van der Waals surface area contributed by atoms with Gasteiger partial charge < -0.3 is 10.2 Å². The van der Waals surface area contributed by atoms with Crippen molar-refractivity contribution in [3.63, 3.8) is 0 Å². The second kappa shape index (κ2) is 7.61. The lowest BCUT2D eigenvalue weighted by Gasteiger charge is -2.33. The van der Waals surface area contributed by atoms with Gasteiger partial charge in [-0.05, 0) is 63.0 Å². The number of piperidine rings is 1. The summed E-state index contributed by atoms with van der Waals surface area (Å²) in [6.45, 7) is 5.92. The van der Waals surface area contributed by atoms with Crippen LogP contribution < -0.4 is 5.32 Å². The van der Waals surface area contributed by atoms with E-state index in [2.05, 4.69) is 72.0 Å². The van der Waals surface area contributed by atoms with Gasteiger partial charge in [-0.2, -0.15) is 0 Å². The Labute approximate surface area is 144 Å². The van der Waals surface area contributed by atoms with E-state index in [-0.39, 0.29) is 5.41 Å². The van der Waals surface area contributed by atoms with Crippen LogP contribution in [0.1, 0.15) is 36.6 Å². The van der Waals surface area contributed by atoms with Gasteiger partial charge in [-0.15, -0.1) is 11.3 Å². The van der Waals surface area contributed by atoms with Crippen molar-refractivity contribution in [1.29, 1.82) is 0 Å². The minimum Gasteiger partial charge on any atom is -0.314 e. The van der Waals surface area contributed by atoms with Crippen LogP contribution in [0.4, 0.5) is 0 Å². The summed E-state index contributed by atoms with van der Waals surface area (Å²) in [4.78, 5) is 3.90. The molecular formula is C20H28N2S. The van der Waals surface area contributed by atoms with Gasteiger partial charge in [0, 0.05) is 16.3 Å². The second-order valence-electron chi connectivity index (χ2n) is 6.96. The summed E-state index contributed by atoms with van der Waals surface area (Å²) in [7, 11) is 2.22. The molecule has 1 aromatic heterocycles. The Bertz CT molecular complexity index is 573. The number of thiophene rings is 1. The zero-order valence-corrected chi connectivity index (χ0v) is 15.1. The van der Waals surface area contributed by atoms with Crippen LogP contribution >= 0.6 is 11.3 Å². The average Bonchev–Trinajstić information content (AvgIpc) is 3.12. The normalized spacial score (nSPS) is 19.6. The molecule has 3 rings (SSSR count). The number of nitrogens with one attached hydrogen (secondary N) is 1. The van der Waals surface area contributed by atoms with Gasteiger partial charge in [0.2, 0.25) is 0 Å². The Morgan fingerprint density at radius 3 is 2.52 bits per heavy atom. The quantitative estimate of drug-likeness (QED) is 0.858. The van der Waals surface area contributed by atoms with Gasteiger partial charge in [-0.3, -0.25) is 0 Å². The van der Waals surface area contributed by atoms with E-state index in [1.54, 1.807) is 0 Å². The largest absolute Gasteiger partial charge is 0.314 e. The number of rotatable bonds is 6. The highest BCUT2D eigenvalue weighted by Gasteiger charge is 2.29. The summed E-state index contributed by atoms with van der Waals surface area (Å²) in [5.41, 5.74) is 1.53. The summed E-state index contributed by atoms with van der Waals surface area (Å²) in [5.74, 6) is 0. The highest BCUT2D eigenvalue weighted by Crippen LogP contribution is 2.37. The lowest BCUT2D eigenvalue weighted by atomic mass is 9.78. The zero-order chi connectivity index (χ0) is 16.1. The zero-order valence-electron chi connectivity index (χ0n) is 14.3. The minimum absolute atomic E-state index is 0.105. The Balaban J connectivity index is 1.66. The molecule has 0 bridgehead atoms. The Hall–Kier alpha value is -1.16. The van der Waals surface area contributed by atoms with Gasteiger partial charge in [0.05, 0.1) is 0 Å². The molecule has 0 radical (unpaired) electrons. The number of likely N-dealkylation sites (tertiary alicyclic amines) is 1. The van der Waals surface area contributed by atoms with Crippen LogP contribution in [-0.4, -0.2) is 37.6 Å². The van der Waals surface area contributed by atoms with Crippen molar-refractivity contribution in [2.75, 3.05) is 26.7 Å². The minimum atomic E-state index is 0.105. The first-order chi connectivity index (χ1) is 11.2. The van der Waals surface area contributed by atoms with E-state index in [1.807, 2.05) is 11.3 Å². The number of hydrogen-bond donors (Lipinski definition) is 1. The lowest BCUT2D eigenvalue weighted by Crippen LogP contribution is -2.42. The average molecular weight is 329 g/mol. The van der Waals surface area contributed by atoms with Crippen LogP contribution in [0.25, 0.3) is 0 Å². The van der Waals surface area contributed by atoms with Gasteiger partial charge in [0.25, 0.3) is 0 Å². The van der Waals surface area contributed by atoms with Crippen molar-refractivity contribution in [2.45, 2.75) is 37.6 Å². The maximum Gasteiger partial charge on any atom is 0.0280 e. The molecule has 0 spiro atoms. The first kappa shape index (κ1) is 16.7. The van der Waals surface area contributed by atoms with E-state index in [0.717, 1.165) is 13.0 Å². The Kier molecular flexibility index (Phi) is 5.52. The molecule has 1 saturated heterocycles. The van der Waals surface area contributed by atoms with Crippen molar-refractivity contribution in [3.8, 4) is 0 Å². The third-order valence-electron chi connectivity index (χ3n) is 5.25. The summed E-state index contributed by atoms with van der Waals surface area (Å²) in [6.07, 6.45) is 3.69. The maximum absolute atomic E-state index is 3.81. The molecule has 2 heterocycles. The molecular weight excluding hydrogens is 300 g/mol. The molecule has 23 heavy (non-hydrogen) atoms. The fraction of sp³-hybridized carbons (Fsp3) is 0.500. The molecule has 0 saturated carbocycles. The maximum atomic E-state index is 3.81. The fourth-order valence-electron chi connectivity index (χ4n) is 3.55. The first-order valence-electron chi connectivity index (χ1n) is 8.70. The van der Waals surface area contributed by atoms with E-state index in [1.165, 1.54) is 36.4 Å². The Morgan fingerprint density at radius 1 is 1.13 bits per heavy atom. The third kappa shape index (κ3) is 4.03. The molecule has 1 aliphatic heterocycles. The van der Waals surface area contributed by atoms with Gasteiger partial charge in [0.15, 0.2) is 0 Å². The molecule has 2 nitrogen and oxygen atoms in total. The van der Waals surface area contributed by atoms with Crippen LogP contribution in [0.2, 0.25) is 0 Å². The highest BCUT2D eigenvalue weighted by molar-refractivity contribution is 7.10. The summed E-state index contributed by atoms with van der Waals surface area (Å²) in [6, 6.07) is 16.1. The summed E-state index contributed by atoms with van der Waals surface area (Å²) in [5, 5.41) is 6.00. The fourth-order valence-corrected chi connectivity index (χ4v) is 4.49. The SMILES string of the molecule is CN1CCC(NCC[C@](C)(c2ccccc2)c2cccs2)CC1. The standard InChI is InChI=1S/C20H28N2S/c1-20(19-9-6-16-23-19,17-7-4-3-5-8-17)12-13-21-18-10-14-22(2)15-11-18/h3-9,16,18,21H,10-15H2,1-2H3/t20-/m1/s1. The van der Waals surface area contributed by atoms with E-state index in [9.17, 15) is 0 Å². The van der Waals surface area contributed by atoms with Crippen molar-refractivity contribution in [3.05, 3.63) is 58.3 Å². The first-order valence-corrected chi connectivity index (χ1v) is 9.58. The third-order valence-corrected chi connectivity index (χ3v) is 6.39. The lowest BCUT2D eigenvalue weighted by molar-refractivity contribution is 0.233. The monoisotopic (exact) mass is 328 g/mol. The molecule has 0 amide bonds. The molecule has 1 atom stereocenters. The predicted octanol–water partition coefficient (Wildman–Crippen LogP) is 4.13. The van der Waals surface area contributed by atoms with Crippen LogP contribution in [-0.2, 0) is 5.41 Å². The van der Waals surface area contributed by atoms with Crippen molar-refractivity contribution < 1.29 is 0 Å². The van der Waals surface area contributed by atoms with Gasteiger partial charge >= 0.3 is 0 Å². The van der Waals surface area contributed by atoms with Crippen molar-refractivity contribution >= 4 is 11.3 Å². The predicted molar refractivity (Wildman–Crippen MR) is 100 cm³/mol. The molecule has 3 heteroatoms. The topological polar surface area (TPSA) is 15.3 Å². The van der Waals surface area contributed by atoms with E-state index >= 15 is 0 Å². The number of benzene rings is 1. The molecule has 0 aliphatic carbocycles. The molecule has 1 N–H and O–H groups in total. The van der Waals surface area contributed by atoms with Crippen molar-refractivity contribution in [1.82, 2.24) is 10.2 Å². The van der Waals surface area contributed by atoms with Gasteiger partial charge in [-0.1, -0.05) is 43.3 Å². The molecule has 2 aromatic rings. The van der Waals surface area contributed by atoms with E-state index < -0.39 is 0 Å². The smallest absolute Gasteiger partial charge is 0.0280 e. The molecule has 1 fully saturated rings. The van der Waals surface area contributed by atoms with Crippen LogP contribution in [0.3, 0.4) is 0 Å². The molecule has 1 aliphatic rings. The van der Waals surface area contributed by atoms with Crippen LogP contribution in [0.5, 0.6) is 0 Å². The molecule has 124 valence electrons. The molecule has 1 aromatic carbocycles. The van der Waals surface area contributed by atoms with Gasteiger partial charge in [-0.25, -0.2) is 0 Å². The molecule has 0 unspecified atom stereocenters. The summed E-state index contributed by atoms with van der Waals surface area (Å²) < 4.78 is 0. The van der Waals surface area contributed by atoms with Gasteiger partial charge in [0.1, 0.15) is 0 Å². The van der Waals surface area contributed by atoms with E-state index in [4.69, 9.17) is 0 Å². The number of nitrogens with zero attached hydrogens (tertiary/aromatic N) is 1. The van der Waals surface area contributed by atoms with Crippen LogP contribution in [0.15, 0.2) is 47.8 Å². The highest BCUT2D eigenvalue weighted by atomic mass is 32.1. The van der Waals surface area contributed by atoms with E-state index in [0.29, 0.717) is 6.04 Å². The Morgan fingerprint density at radius 2 is 1.87 bits per heavy atom. The summed E-state index contributed by atoms with van der Waals surface area (Å²) >= 11 is 1.88. The second-order valence-corrected chi connectivity index (χ2v) is 7.90. The van der Waals surface area contributed by atoms with Crippen molar-refractivity contribution in [2.24, 2.45) is 0 Å².